The van der Waals surface area contributed by atoms with Gasteiger partial charge in [0, 0.05) is 37.2 Å². The molecule has 18 heteroatoms. The molecule has 6 rings (SSSR count). The van der Waals surface area contributed by atoms with Gasteiger partial charge < -0.3 is 49.3 Å². The van der Waals surface area contributed by atoms with Gasteiger partial charge >= 0.3 is 23.9 Å². The van der Waals surface area contributed by atoms with Crippen LogP contribution in [0.1, 0.15) is 137 Å². The van der Waals surface area contributed by atoms with Crippen LogP contribution in [-0.4, -0.2) is 130 Å². The maximum atomic E-state index is 15.3. The van der Waals surface area contributed by atoms with Crippen LogP contribution in [0.3, 0.4) is 0 Å². The molecule has 2 amide bonds. The molecule has 4 N–H and O–H groups in total. The van der Waals surface area contributed by atoms with Gasteiger partial charge in [-0.15, -0.1) is 0 Å². The average molecular weight is 942 g/mol. The molecule has 10 atom stereocenters. The molecule has 0 aromatic heterocycles. The van der Waals surface area contributed by atoms with Crippen molar-refractivity contribution in [1.82, 2.24) is 15.7 Å². The smallest absolute Gasteiger partial charge is 0.348 e. The number of carbonyl (C=O) groups is 6. The lowest BCUT2D eigenvalue weighted by Gasteiger charge is -2.49. The number of hydroxylamine groups is 2. The van der Waals surface area contributed by atoms with E-state index in [9.17, 15) is 34.2 Å². The fourth-order valence-corrected chi connectivity index (χ4v) is 9.82. The van der Waals surface area contributed by atoms with Gasteiger partial charge in [-0.3, -0.25) is 24.0 Å². The van der Waals surface area contributed by atoms with Crippen LogP contribution in [-0.2, 0) is 68.6 Å². The van der Waals surface area contributed by atoms with Gasteiger partial charge in [-0.25, -0.2) is 9.59 Å². The molecule has 5 aliphatic rings. The highest BCUT2D eigenvalue weighted by Gasteiger charge is 2.76. The number of carbonyl (C=O) groups excluding carboxylic acids is 6. The summed E-state index contributed by atoms with van der Waals surface area (Å²) in [5.74, 6) is -5.28. The van der Waals surface area contributed by atoms with Gasteiger partial charge in [-0.1, -0.05) is 77.6 Å². The van der Waals surface area contributed by atoms with Gasteiger partial charge in [0.05, 0.1) is 25.3 Å². The van der Waals surface area contributed by atoms with E-state index >= 15 is 4.79 Å². The van der Waals surface area contributed by atoms with Gasteiger partial charge in [-0.2, -0.15) is 5.06 Å². The Bertz CT molecular complexity index is 1990. The Morgan fingerprint density at radius 1 is 0.970 bits per heavy atom. The monoisotopic (exact) mass is 941 g/mol. The van der Waals surface area contributed by atoms with Gasteiger partial charge in [0.25, 0.3) is 0 Å². The number of hydrogen-bond donors (Lipinski definition) is 4. The number of ether oxygens (including phenoxy) is 6. The van der Waals surface area contributed by atoms with Crippen LogP contribution in [0, 0.1) is 10.8 Å². The summed E-state index contributed by atoms with van der Waals surface area (Å²) >= 11 is 0. The van der Waals surface area contributed by atoms with Gasteiger partial charge in [0.2, 0.25) is 17.9 Å². The van der Waals surface area contributed by atoms with Crippen molar-refractivity contribution >= 4 is 41.8 Å². The first-order valence-electron chi connectivity index (χ1n) is 23.9. The standard InChI is InChI=1S/C49H71N3O15/c1-9-11-15-23-48(24-16-12-10-2)65-37-33-25-49(45(60)51-36(29(3)54)42(57)50-32(27-53)20-22-35(56)64-46(4,5)6)39(43(58)62-33)52(67-40(49)38(37)66-48)26-31-18-14-13-17-30(31)19-21-34(55)63-41-44(59)61-28-47(41,7)8/h13-14,17-19,21,29,32-33,36-41,53-54H,9-12,15-16,20,22-28H2,1-8H3,(H,50,57)(H,51,60). The summed E-state index contributed by atoms with van der Waals surface area (Å²) < 4.78 is 36.0. The van der Waals surface area contributed by atoms with Crippen LogP contribution >= 0.6 is 0 Å². The minimum Gasteiger partial charge on any atom is -0.462 e. The molecule has 2 bridgehead atoms. The number of aliphatic hydroxyl groups excluding tert-OH is 2. The van der Waals surface area contributed by atoms with Crippen molar-refractivity contribution in [3.8, 4) is 0 Å². The van der Waals surface area contributed by atoms with Crippen LogP contribution in [0.25, 0.3) is 6.08 Å². The van der Waals surface area contributed by atoms with Gasteiger partial charge in [0.1, 0.15) is 48.1 Å². The number of fused-ring (bicyclic) bond motifs is 4. The number of nitrogens with one attached hydrogen (secondary N) is 2. The largest absolute Gasteiger partial charge is 0.462 e. The third-order valence-electron chi connectivity index (χ3n) is 13.3. The van der Waals surface area contributed by atoms with Crippen molar-refractivity contribution in [3.63, 3.8) is 0 Å². The molecule has 5 fully saturated rings. The van der Waals surface area contributed by atoms with E-state index in [4.69, 9.17) is 33.3 Å². The Labute approximate surface area is 393 Å². The number of benzene rings is 1. The van der Waals surface area contributed by atoms with Gasteiger partial charge in [0.15, 0.2) is 11.8 Å². The number of nitrogens with zero attached hydrogens (tertiary/aromatic N) is 1. The molecule has 67 heavy (non-hydrogen) atoms. The first-order valence-corrected chi connectivity index (χ1v) is 23.9. The third-order valence-corrected chi connectivity index (χ3v) is 13.3. The fraction of sp³-hybridized carbons (Fsp3) is 0.714. The molecule has 372 valence electrons. The summed E-state index contributed by atoms with van der Waals surface area (Å²) in [5.41, 5.74) is -2.03. The normalized spacial score (nSPS) is 28.5. The number of hydrogen-bond acceptors (Lipinski definition) is 16. The van der Waals surface area contributed by atoms with Crippen LogP contribution < -0.4 is 10.6 Å². The zero-order chi connectivity index (χ0) is 48.9. The SMILES string of the molecule is CCCCCC1(CCCCC)OC2C3CC4(C(=O)NC(C(=O)NC(CO)CCC(=O)OC(C)(C)C)C(C)O)C(ON(Cc5ccccc5C=CC(=O)OC5C(=O)OCC5(C)C)C4C(=O)O3)C2O1. The van der Waals surface area contributed by atoms with E-state index < -0.39 is 119 Å². The predicted octanol–water partition coefficient (Wildman–Crippen LogP) is 4.10. The van der Waals surface area contributed by atoms with E-state index in [0.717, 1.165) is 38.5 Å². The topological polar surface area (TPSA) is 235 Å². The second-order valence-corrected chi connectivity index (χ2v) is 20.4. The molecule has 10 unspecified atom stereocenters. The van der Waals surface area contributed by atoms with Crippen molar-refractivity contribution in [2.24, 2.45) is 10.8 Å². The maximum absolute atomic E-state index is 15.3. The Hall–Kier alpha value is -4.46. The number of cyclic esters (lactones) is 1. The van der Waals surface area contributed by atoms with E-state index in [0.29, 0.717) is 24.0 Å². The molecular weight excluding hydrogens is 871 g/mol. The summed E-state index contributed by atoms with van der Waals surface area (Å²) in [6.45, 7) is 13.7. The highest BCUT2D eigenvalue weighted by Crippen LogP contribution is 2.58. The molecule has 1 saturated carbocycles. The van der Waals surface area contributed by atoms with Crippen LogP contribution in [0.2, 0.25) is 0 Å². The second-order valence-electron chi connectivity index (χ2n) is 20.4. The lowest BCUT2D eigenvalue weighted by atomic mass is 9.62. The Kier molecular flexibility index (Phi) is 16.6. The predicted molar refractivity (Wildman–Crippen MR) is 240 cm³/mol. The summed E-state index contributed by atoms with van der Waals surface area (Å²) in [6.07, 6.45) is 2.91. The van der Waals surface area contributed by atoms with Crippen molar-refractivity contribution in [2.45, 2.75) is 199 Å². The number of unbranched alkanes of at least 4 members (excludes halogenated alkanes) is 4. The molecule has 4 aliphatic heterocycles. The highest BCUT2D eigenvalue weighted by atomic mass is 16.8. The van der Waals surface area contributed by atoms with Crippen molar-refractivity contribution in [2.75, 3.05) is 13.2 Å². The second kappa shape index (κ2) is 21.5. The van der Waals surface area contributed by atoms with E-state index in [1.165, 1.54) is 24.1 Å². The summed E-state index contributed by atoms with van der Waals surface area (Å²) in [7, 11) is 0. The minimum absolute atomic E-state index is 0.0197. The Morgan fingerprint density at radius 2 is 1.64 bits per heavy atom. The van der Waals surface area contributed by atoms with Crippen LogP contribution in [0.4, 0.5) is 0 Å². The van der Waals surface area contributed by atoms with Crippen molar-refractivity contribution in [3.05, 3.63) is 41.5 Å². The van der Waals surface area contributed by atoms with Gasteiger partial charge in [-0.05, 0) is 64.2 Å². The first-order chi connectivity index (χ1) is 31.7. The van der Waals surface area contributed by atoms with E-state index in [2.05, 4.69) is 24.5 Å². The molecule has 1 aliphatic carbocycles. The number of aliphatic hydroxyl groups is 2. The lowest BCUT2D eigenvalue weighted by Crippen LogP contribution is -2.71. The quantitative estimate of drug-likeness (QED) is 0.0555. The van der Waals surface area contributed by atoms with E-state index in [-0.39, 0.29) is 32.4 Å². The third kappa shape index (κ3) is 11.7. The molecule has 1 aromatic carbocycles. The summed E-state index contributed by atoms with van der Waals surface area (Å²) in [5, 5.41) is 28.0. The maximum Gasteiger partial charge on any atom is 0.348 e. The van der Waals surface area contributed by atoms with Crippen LogP contribution in [0.5, 0.6) is 0 Å². The fourth-order valence-electron chi connectivity index (χ4n) is 9.82. The molecule has 4 heterocycles. The summed E-state index contributed by atoms with van der Waals surface area (Å²) in [6, 6.07) is 3.19. The average Bonchev–Trinajstić information content (AvgIpc) is 3.90. The zero-order valence-corrected chi connectivity index (χ0v) is 40.2. The molecule has 18 nitrogen and oxygen atoms in total. The molecule has 4 saturated heterocycles. The van der Waals surface area contributed by atoms with Crippen molar-refractivity contribution < 1.29 is 72.2 Å². The summed E-state index contributed by atoms with van der Waals surface area (Å²) in [4.78, 5) is 88.3. The zero-order valence-electron chi connectivity index (χ0n) is 40.2. The first kappa shape index (κ1) is 51.9. The Balaban J connectivity index is 1.31. The highest BCUT2D eigenvalue weighted by molar-refractivity contribution is 5.96. The number of esters is 4. The molecule has 0 spiro atoms. The van der Waals surface area contributed by atoms with Crippen molar-refractivity contribution in [1.29, 1.82) is 0 Å². The number of rotatable bonds is 22. The lowest BCUT2D eigenvalue weighted by molar-refractivity contribution is -0.224. The molecule has 1 aromatic rings. The van der Waals surface area contributed by atoms with E-state index in [1.807, 2.05) is 0 Å². The molecule has 0 radical (unpaired) electrons. The minimum atomic E-state index is -1.73. The Morgan fingerprint density at radius 3 is 2.25 bits per heavy atom. The number of amides is 2. The molecular formula is C49H71N3O15. The van der Waals surface area contributed by atoms with E-state index in [1.54, 1.807) is 58.9 Å². The van der Waals surface area contributed by atoms with Crippen LogP contribution in [0.15, 0.2) is 30.3 Å².